The fraction of sp³-hybridized carbons (Fsp3) is 0.667. The van der Waals surface area contributed by atoms with Gasteiger partial charge in [0.15, 0.2) is 0 Å². The Hall–Kier alpha value is -1.09. The molecule has 1 N–H and O–H groups in total. The molecule has 1 aromatic heterocycles. The van der Waals surface area contributed by atoms with E-state index in [-0.39, 0.29) is 6.61 Å². The molecule has 0 aliphatic rings. The molecule has 18 heavy (non-hydrogen) atoms. The molecule has 0 bridgehead atoms. The minimum absolute atomic E-state index is 0.0552. The summed E-state index contributed by atoms with van der Waals surface area (Å²) in [5.41, 5.74) is 3.06. The standard InChI is InChI=1S/C15H26N2O/c1-5-6-7-8-17(12(2)3)15-9-13(4)16-10-14(15)11-18/h9-10,12,18H,5-8,11H2,1-4H3. The predicted molar refractivity (Wildman–Crippen MR) is 76.9 cm³/mol. The number of hydrogen-bond donors (Lipinski definition) is 1. The second kappa shape index (κ2) is 7.37. The molecule has 0 unspecified atom stereocenters. The predicted octanol–water partition coefficient (Wildman–Crippen LogP) is 3.29. The number of unbranched alkanes of at least 4 members (excludes halogenated alkanes) is 2. The van der Waals surface area contributed by atoms with Crippen molar-refractivity contribution in [3.63, 3.8) is 0 Å². The average Bonchev–Trinajstić information content (AvgIpc) is 2.34. The van der Waals surface area contributed by atoms with Crippen LogP contribution in [0.15, 0.2) is 12.3 Å². The van der Waals surface area contributed by atoms with Gasteiger partial charge in [-0.15, -0.1) is 0 Å². The van der Waals surface area contributed by atoms with Crippen LogP contribution in [0.25, 0.3) is 0 Å². The molecule has 102 valence electrons. The third-order valence-electron chi connectivity index (χ3n) is 3.20. The molecule has 0 aliphatic carbocycles. The Morgan fingerprint density at radius 2 is 2.06 bits per heavy atom. The summed E-state index contributed by atoms with van der Waals surface area (Å²) in [6, 6.07) is 2.52. The lowest BCUT2D eigenvalue weighted by molar-refractivity contribution is 0.281. The molecule has 1 rings (SSSR count). The van der Waals surface area contributed by atoms with Gasteiger partial charge in [-0.3, -0.25) is 4.98 Å². The van der Waals surface area contributed by atoms with Crippen LogP contribution in [-0.2, 0) is 6.61 Å². The zero-order valence-electron chi connectivity index (χ0n) is 12.1. The van der Waals surface area contributed by atoms with Gasteiger partial charge in [0.05, 0.1) is 6.61 Å². The van der Waals surface area contributed by atoms with Crippen LogP contribution in [0.5, 0.6) is 0 Å². The van der Waals surface area contributed by atoms with Crippen LogP contribution >= 0.6 is 0 Å². The summed E-state index contributed by atoms with van der Waals surface area (Å²) >= 11 is 0. The van der Waals surface area contributed by atoms with E-state index in [1.165, 1.54) is 19.3 Å². The highest BCUT2D eigenvalue weighted by molar-refractivity contribution is 5.54. The normalized spacial score (nSPS) is 11.0. The first-order valence-corrected chi connectivity index (χ1v) is 6.93. The van der Waals surface area contributed by atoms with Crippen LogP contribution in [0, 0.1) is 6.92 Å². The van der Waals surface area contributed by atoms with Crippen LogP contribution in [0.3, 0.4) is 0 Å². The van der Waals surface area contributed by atoms with E-state index in [9.17, 15) is 5.11 Å². The molecule has 0 aromatic carbocycles. The molecule has 3 nitrogen and oxygen atoms in total. The van der Waals surface area contributed by atoms with Crippen molar-refractivity contribution in [2.45, 2.75) is 59.6 Å². The fourth-order valence-electron chi connectivity index (χ4n) is 2.15. The van der Waals surface area contributed by atoms with Gasteiger partial charge in [0.1, 0.15) is 0 Å². The molecule has 0 radical (unpaired) electrons. The minimum Gasteiger partial charge on any atom is -0.392 e. The molecule has 1 aromatic rings. The number of pyridine rings is 1. The Morgan fingerprint density at radius 1 is 1.33 bits per heavy atom. The zero-order valence-corrected chi connectivity index (χ0v) is 12.1. The van der Waals surface area contributed by atoms with E-state index >= 15 is 0 Å². The maximum absolute atomic E-state index is 9.44. The first-order valence-electron chi connectivity index (χ1n) is 6.93. The summed E-state index contributed by atoms with van der Waals surface area (Å²) < 4.78 is 0. The molecule has 0 saturated heterocycles. The minimum atomic E-state index is 0.0552. The van der Waals surface area contributed by atoms with E-state index in [1.54, 1.807) is 6.20 Å². The molecule has 0 fully saturated rings. The van der Waals surface area contributed by atoms with E-state index in [0.29, 0.717) is 6.04 Å². The smallest absolute Gasteiger partial charge is 0.0717 e. The highest BCUT2D eigenvalue weighted by Crippen LogP contribution is 2.23. The molecule has 0 spiro atoms. The van der Waals surface area contributed by atoms with Crippen molar-refractivity contribution in [1.29, 1.82) is 0 Å². The van der Waals surface area contributed by atoms with Crippen molar-refractivity contribution < 1.29 is 5.11 Å². The van der Waals surface area contributed by atoms with Gasteiger partial charge in [0, 0.05) is 35.7 Å². The molecule has 3 heteroatoms. The third-order valence-corrected chi connectivity index (χ3v) is 3.20. The van der Waals surface area contributed by atoms with Crippen LogP contribution in [0.2, 0.25) is 0 Å². The lowest BCUT2D eigenvalue weighted by Gasteiger charge is -2.31. The van der Waals surface area contributed by atoms with Gasteiger partial charge in [0.25, 0.3) is 0 Å². The van der Waals surface area contributed by atoms with Gasteiger partial charge in [0.2, 0.25) is 0 Å². The Morgan fingerprint density at radius 3 is 2.61 bits per heavy atom. The zero-order chi connectivity index (χ0) is 13.5. The Kier molecular flexibility index (Phi) is 6.13. The van der Waals surface area contributed by atoms with E-state index in [0.717, 1.165) is 23.5 Å². The quantitative estimate of drug-likeness (QED) is 0.754. The van der Waals surface area contributed by atoms with Gasteiger partial charge in [-0.1, -0.05) is 19.8 Å². The Bertz CT molecular complexity index is 364. The molecule has 0 amide bonds. The van der Waals surface area contributed by atoms with Gasteiger partial charge < -0.3 is 10.0 Å². The number of rotatable bonds is 7. The summed E-state index contributed by atoms with van der Waals surface area (Å²) in [5, 5.41) is 9.44. The SMILES string of the molecule is CCCCCN(c1cc(C)ncc1CO)C(C)C. The Balaban J connectivity index is 2.93. The van der Waals surface area contributed by atoms with Crippen LogP contribution in [0.1, 0.15) is 51.3 Å². The second-order valence-corrected chi connectivity index (χ2v) is 5.11. The topological polar surface area (TPSA) is 36.4 Å². The van der Waals surface area contributed by atoms with Crippen LogP contribution < -0.4 is 4.90 Å². The van der Waals surface area contributed by atoms with Gasteiger partial charge in [-0.2, -0.15) is 0 Å². The van der Waals surface area contributed by atoms with Crippen molar-refractivity contribution >= 4 is 5.69 Å². The van der Waals surface area contributed by atoms with Gasteiger partial charge in [-0.05, 0) is 33.3 Å². The summed E-state index contributed by atoms with van der Waals surface area (Å²) in [7, 11) is 0. The fourth-order valence-corrected chi connectivity index (χ4v) is 2.15. The number of hydrogen-bond acceptors (Lipinski definition) is 3. The maximum atomic E-state index is 9.44. The van der Waals surface area contributed by atoms with Gasteiger partial charge in [-0.25, -0.2) is 0 Å². The van der Waals surface area contributed by atoms with Crippen molar-refractivity contribution in [3.05, 3.63) is 23.5 Å². The summed E-state index contributed by atoms with van der Waals surface area (Å²) in [5.74, 6) is 0. The van der Waals surface area contributed by atoms with Crippen molar-refractivity contribution in [1.82, 2.24) is 4.98 Å². The third kappa shape index (κ3) is 3.98. The number of anilines is 1. The lowest BCUT2D eigenvalue weighted by atomic mass is 10.1. The Labute approximate surface area is 111 Å². The number of aromatic nitrogens is 1. The first-order chi connectivity index (χ1) is 8.60. The number of aliphatic hydroxyl groups is 1. The summed E-state index contributed by atoms with van der Waals surface area (Å²) in [4.78, 5) is 6.63. The van der Waals surface area contributed by atoms with Crippen LogP contribution in [0.4, 0.5) is 5.69 Å². The van der Waals surface area contributed by atoms with Crippen molar-refractivity contribution in [2.24, 2.45) is 0 Å². The highest BCUT2D eigenvalue weighted by Gasteiger charge is 2.14. The molecule has 1 heterocycles. The molecule has 0 atom stereocenters. The first kappa shape index (κ1) is 15.0. The highest BCUT2D eigenvalue weighted by atomic mass is 16.3. The van der Waals surface area contributed by atoms with E-state index in [4.69, 9.17) is 0 Å². The monoisotopic (exact) mass is 250 g/mol. The summed E-state index contributed by atoms with van der Waals surface area (Å²) in [6.07, 6.45) is 5.47. The van der Waals surface area contributed by atoms with Crippen molar-refractivity contribution in [3.8, 4) is 0 Å². The molecule has 0 saturated carbocycles. The molecular weight excluding hydrogens is 224 g/mol. The number of nitrogens with zero attached hydrogens (tertiary/aromatic N) is 2. The van der Waals surface area contributed by atoms with Gasteiger partial charge >= 0.3 is 0 Å². The molecular formula is C15H26N2O. The van der Waals surface area contributed by atoms with E-state index in [2.05, 4.69) is 36.7 Å². The largest absolute Gasteiger partial charge is 0.392 e. The maximum Gasteiger partial charge on any atom is 0.0717 e. The lowest BCUT2D eigenvalue weighted by Crippen LogP contribution is -2.32. The number of aliphatic hydroxyl groups excluding tert-OH is 1. The second-order valence-electron chi connectivity index (χ2n) is 5.11. The average molecular weight is 250 g/mol. The molecule has 0 aliphatic heterocycles. The van der Waals surface area contributed by atoms with Crippen molar-refractivity contribution in [2.75, 3.05) is 11.4 Å². The number of aryl methyl sites for hydroxylation is 1. The van der Waals surface area contributed by atoms with Crippen LogP contribution in [-0.4, -0.2) is 22.7 Å². The van der Waals surface area contributed by atoms with E-state index in [1.807, 2.05) is 6.92 Å². The summed E-state index contributed by atoms with van der Waals surface area (Å²) in [6.45, 7) is 9.71. The van der Waals surface area contributed by atoms with E-state index < -0.39 is 0 Å².